The van der Waals surface area contributed by atoms with Crippen LogP contribution in [0.3, 0.4) is 0 Å². The molecule has 2 heterocycles. The molecule has 3 heteroatoms. The lowest BCUT2D eigenvalue weighted by molar-refractivity contribution is 0.203. The smallest absolute Gasteiger partial charge is 0.0603 e. The highest BCUT2D eigenvalue weighted by molar-refractivity contribution is 5.68. The van der Waals surface area contributed by atoms with Crippen LogP contribution in [0.5, 0.6) is 0 Å². The van der Waals surface area contributed by atoms with Crippen LogP contribution in [0.15, 0.2) is 24.3 Å². The molecule has 2 atom stereocenters. The Balaban J connectivity index is 1.85. The standard InChI is InChI=1S/C14H21N3/c1-11-9-16-8-4-5-12(16)10-17(11)14-7-3-2-6-13(14)15/h2-3,6-7,11-12H,4-5,8-10,15H2,1H3. The van der Waals surface area contributed by atoms with Crippen LogP contribution >= 0.6 is 0 Å². The molecule has 3 nitrogen and oxygen atoms in total. The lowest BCUT2D eigenvalue weighted by atomic mass is 10.1. The van der Waals surface area contributed by atoms with E-state index in [-0.39, 0.29) is 0 Å². The Labute approximate surface area is 103 Å². The van der Waals surface area contributed by atoms with Gasteiger partial charge in [0.2, 0.25) is 0 Å². The third kappa shape index (κ3) is 1.89. The summed E-state index contributed by atoms with van der Waals surface area (Å²) in [5.74, 6) is 0. The lowest BCUT2D eigenvalue weighted by Crippen LogP contribution is -2.55. The van der Waals surface area contributed by atoms with E-state index < -0.39 is 0 Å². The fraction of sp³-hybridized carbons (Fsp3) is 0.571. The summed E-state index contributed by atoms with van der Waals surface area (Å²) in [5, 5.41) is 0. The summed E-state index contributed by atoms with van der Waals surface area (Å²) in [6.07, 6.45) is 2.70. The van der Waals surface area contributed by atoms with Gasteiger partial charge in [-0.25, -0.2) is 0 Å². The first-order valence-corrected chi connectivity index (χ1v) is 6.61. The maximum Gasteiger partial charge on any atom is 0.0603 e. The molecule has 0 aromatic heterocycles. The molecule has 17 heavy (non-hydrogen) atoms. The van der Waals surface area contributed by atoms with Crippen LogP contribution in [0, 0.1) is 0 Å². The summed E-state index contributed by atoms with van der Waals surface area (Å²) < 4.78 is 0. The molecule has 1 aromatic rings. The third-order valence-corrected chi connectivity index (χ3v) is 4.18. The molecule has 1 aromatic carbocycles. The number of nitrogen functional groups attached to an aromatic ring is 1. The van der Waals surface area contributed by atoms with Crippen molar-refractivity contribution in [3.8, 4) is 0 Å². The van der Waals surface area contributed by atoms with Gasteiger partial charge in [-0.2, -0.15) is 0 Å². The van der Waals surface area contributed by atoms with E-state index in [0.717, 1.165) is 18.3 Å². The molecule has 0 saturated carbocycles. The summed E-state index contributed by atoms with van der Waals surface area (Å²) in [7, 11) is 0. The molecule has 0 bridgehead atoms. The number of hydrogen-bond acceptors (Lipinski definition) is 3. The van der Waals surface area contributed by atoms with Gasteiger partial charge in [-0.3, -0.25) is 4.90 Å². The van der Waals surface area contributed by atoms with Crippen LogP contribution in [-0.2, 0) is 0 Å². The quantitative estimate of drug-likeness (QED) is 0.750. The van der Waals surface area contributed by atoms with Crippen molar-refractivity contribution in [3.05, 3.63) is 24.3 Å². The van der Waals surface area contributed by atoms with E-state index in [1.807, 2.05) is 12.1 Å². The fourth-order valence-electron chi connectivity index (χ4n) is 3.27. The van der Waals surface area contributed by atoms with E-state index in [4.69, 9.17) is 5.73 Å². The molecule has 2 aliphatic rings. The summed E-state index contributed by atoms with van der Waals surface area (Å²) in [6.45, 7) is 5.91. The number of benzene rings is 1. The Morgan fingerprint density at radius 2 is 2.06 bits per heavy atom. The van der Waals surface area contributed by atoms with Gasteiger partial charge in [-0.15, -0.1) is 0 Å². The molecule has 2 fully saturated rings. The molecule has 3 rings (SSSR count). The Bertz CT molecular complexity index is 404. The Morgan fingerprint density at radius 1 is 1.24 bits per heavy atom. The molecule has 0 aliphatic carbocycles. The van der Waals surface area contributed by atoms with Crippen LogP contribution < -0.4 is 10.6 Å². The molecule has 2 N–H and O–H groups in total. The maximum absolute atomic E-state index is 6.10. The minimum absolute atomic E-state index is 0.564. The predicted molar refractivity (Wildman–Crippen MR) is 72.3 cm³/mol. The molecular weight excluding hydrogens is 210 g/mol. The van der Waals surface area contributed by atoms with Gasteiger partial charge in [0.25, 0.3) is 0 Å². The van der Waals surface area contributed by atoms with E-state index in [1.165, 1.54) is 31.6 Å². The van der Waals surface area contributed by atoms with Crippen LogP contribution in [0.25, 0.3) is 0 Å². The number of nitrogens with two attached hydrogens (primary N) is 1. The average Bonchev–Trinajstić information content (AvgIpc) is 2.76. The van der Waals surface area contributed by atoms with Gasteiger partial charge in [-0.1, -0.05) is 12.1 Å². The van der Waals surface area contributed by atoms with Crippen molar-refractivity contribution in [2.24, 2.45) is 0 Å². The van der Waals surface area contributed by atoms with Gasteiger partial charge in [-0.05, 0) is 38.4 Å². The molecule has 0 amide bonds. The van der Waals surface area contributed by atoms with E-state index in [1.54, 1.807) is 0 Å². The number of fused-ring (bicyclic) bond motifs is 1. The minimum Gasteiger partial charge on any atom is -0.397 e. The van der Waals surface area contributed by atoms with E-state index in [9.17, 15) is 0 Å². The predicted octanol–water partition coefficient (Wildman–Crippen LogP) is 1.94. The van der Waals surface area contributed by atoms with Gasteiger partial charge >= 0.3 is 0 Å². The topological polar surface area (TPSA) is 32.5 Å². The van der Waals surface area contributed by atoms with Crippen molar-refractivity contribution in [2.75, 3.05) is 30.3 Å². The van der Waals surface area contributed by atoms with Gasteiger partial charge in [0.15, 0.2) is 0 Å². The Kier molecular flexibility index (Phi) is 2.71. The Hall–Kier alpha value is -1.22. The zero-order chi connectivity index (χ0) is 11.8. The van der Waals surface area contributed by atoms with Crippen molar-refractivity contribution in [2.45, 2.75) is 31.8 Å². The van der Waals surface area contributed by atoms with Gasteiger partial charge < -0.3 is 10.6 Å². The van der Waals surface area contributed by atoms with E-state index in [2.05, 4.69) is 28.9 Å². The summed E-state index contributed by atoms with van der Waals surface area (Å²) in [4.78, 5) is 5.13. The fourth-order valence-corrected chi connectivity index (χ4v) is 3.27. The normalized spacial score (nSPS) is 29.4. The maximum atomic E-state index is 6.10. The highest BCUT2D eigenvalue weighted by Crippen LogP contribution is 2.31. The van der Waals surface area contributed by atoms with Gasteiger partial charge in [0, 0.05) is 25.2 Å². The minimum atomic E-state index is 0.564. The largest absolute Gasteiger partial charge is 0.397 e. The first-order valence-electron chi connectivity index (χ1n) is 6.61. The second-order valence-electron chi connectivity index (χ2n) is 5.35. The van der Waals surface area contributed by atoms with Gasteiger partial charge in [0.05, 0.1) is 11.4 Å². The molecule has 2 aliphatic heterocycles. The number of piperazine rings is 1. The van der Waals surface area contributed by atoms with Crippen molar-refractivity contribution in [3.63, 3.8) is 0 Å². The highest BCUT2D eigenvalue weighted by atomic mass is 15.3. The monoisotopic (exact) mass is 231 g/mol. The third-order valence-electron chi connectivity index (χ3n) is 4.18. The van der Waals surface area contributed by atoms with Crippen LogP contribution in [0.2, 0.25) is 0 Å². The number of para-hydroxylation sites is 2. The first-order chi connectivity index (χ1) is 8.25. The second kappa shape index (κ2) is 4.22. The number of hydrogen-bond donors (Lipinski definition) is 1. The van der Waals surface area contributed by atoms with E-state index in [0.29, 0.717) is 6.04 Å². The number of nitrogens with zero attached hydrogens (tertiary/aromatic N) is 2. The van der Waals surface area contributed by atoms with E-state index >= 15 is 0 Å². The van der Waals surface area contributed by atoms with Crippen molar-refractivity contribution in [1.82, 2.24) is 4.90 Å². The SMILES string of the molecule is CC1CN2CCCC2CN1c1ccccc1N. The highest BCUT2D eigenvalue weighted by Gasteiger charge is 2.34. The molecule has 92 valence electrons. The molecule has 0 radical (unpaired) electrons. The molecular formula is C14H21N3. The number of rotatable bonds is 1. The van der Waals surface area contributed by atoms with Crippen molar-refractivity contribution >= 4 is 11.4 Å². The summed E-state index contributed by atoms with van der Waals surface area (Å²) in [5.41, 5.74) is 8.22. The van der Waals surface area contributed by atoms with Crippen LogP contribution in [-0.4, -0.2) is 36.6 Å². The molecule has 0 spiro atoms. The lowest BCUT2D eigenvalue weighted by Gasteiger charge is -2.44. The second-order valence-corrected chi connectivity index (χ2v) is 5.35. The molecule has 2 saturated heterocycles. The Morgan fingerprint density at radius 3 is 2.88 bits per heavy atom. The van der Waals surface area contributed by atoms with Crippen molar-refractivity contribution in [1.29, 1.82) is 0 Å². The summed E-state index contributed by atoms with van der Waals surface area (Å²) in [6, 6.07) is 9.55. The van der Waals surface area contributed by atoms with Crippen LogP contribution in [0.1, 0.15) is 19.8 Å². The first kappa shape index (κ1) is 10.9. The zero-order valence-electron chi connectivity index (χ0n) is 10.5. The zero-order valence-corrected chi connectivity index (χ0v) is 10.5. The summed E-state index contributed by atoms with van der Waals surface area (Å²) >= 11 is 0. The van der Waals surface area contributed by atoms with Gasteiger partial charge in [0.1, 0.15) is 0 Å². The number of anilines is 2. The molecule has 2 unspecified atom stereocenters. The van der Waals surface area contributed by atoms with Crippen LogP contribution in [0.4, 0.5) is 11.4 Å². The van der Waals surface area contributed by atoms with Crippen molar-refractivity contribution < 1.29 is 0 Å². The average molecular weight is 231 g/mol.